The summed E-state index contributed by atoms with van der Waals surface area (Å²) in [6.07, 6.45) is 7.19. The quantitative estimate of drug-likeness (QED) is 0.896. The minimum Gasteiger partial charge on any atom is -0.372 e. The summed E-state index contributed by atoms with van der Waals surface area (Å²) in [6.45, 7) is 0. The van der Waals surface area contributed by atoms with Crippen LogP contribution in [-0.2, 0) is 7.05 Å². The van der Waals surface area contributed by atoms with Crippen LogP contribution in [0.3, 0.4) is 0 Å². The Balaban J connectivity index is 1.55. The van der Waals surface area contributed by atoms with E-state index in [-0.39, 0.29) is 11.9 Å². The third kappa shape index (κ3) is 4.00. The van der Waals surface area contributed by atoms with Crippen molar-refractivity contribution >= 4 is 23.2 Å². The molecule has 1 aliphatic carbocycles. The number of carbonyl (C=O) groups excluding carboxylic acids is 1. The van der Waals surface area contributed by atoms with Gasteiger partial charge in [0.05, 0.1) is 16.9 Å². The minimum atomic E-state index is -0.110. The Kier molecular flexibility index (Phi) is 5.48. The van der Waals surface area contributed by atoms with Gasteiger partial charge in [0, 0.05) is 38.1 Å². The first-order valence-electron chi connectivity index (χ1n) is 8.69. The van der Waals surface area contributed by atoms with Crippen molar-refractivity contribution in [2.24, 2.45) is 7.05 Å². The monoisotopic (exact) mass is 371 g/mol. The van der Waals surface area contributed by atoms with E-state index in [1.807, 2.05) is 19.2 Å². The van der Waals surface area contributed by atoms with Crippen LogP contribution in [0.25, 0.3) is 0 Å². The number of hydrogen-bond acceptors (Lipinski definition) is 4. The first-order valence-corrected chi connectivity index (χ1v) is 9.07. The van der Waals surface area contributed by atoms with Gasteiger partial charge in [0.1, 0.15) is 11.8 Å². The highest BCUT2D eigenvalue weighted by Crippen LogP contribution is 2.29. The van der Waals surface area contributed by atoms with Crippen molar-refractivity contribution < 1.29 is 4.79 Å². The van der Waals surface area contributed by atoms with Crippen LogP contribution in [0.2, 0.25) is 5.02 Å². The van der Waals surface area contributed by atoms with Crippen molar-refractivity contribution in [1.82, 2.24) is 14.9 Å². The van der Waals surface area contributed by atoms with Crippen molar-refractivity contribution in [2.75, 3.05) is 11.9 Å². The number of carbonyl (C=O) groups is 1. The summed E-state index contributed by atoms with van der Waals surface area (Å²) in [5.74, 6) is -0.110. The summed E-state index contributed by atoms with van der Waals surface area (Å²) >= 11 is 6.15. The van der Waals surface area contributed by atoms with Crippen molar-refractivity contribution in [1.29, 1.82) is 5.26 Å². The lowest BCUT2D eigenvalue weighted by Crippen LogP contribution is -2.43. The number of nitrogens with one attached hydrogen (secondary N) is 1. The molecule has 0 bridgehead atoms. The highest BCUT2D eigenvalue weighted by Gasteiger charge is 2.26. The molecule has 0 radical (unpaired) electrons. The van der Waals surface area contributed by atoms with Crippen LogP contribution < -0.4 is 10.2 Å². The molecule has 0 aliphatic heterocycles. The van der Waals surface area contributed by atoms with Crippen molar-refractivity contribution in [3.63, 3.8) is 0 Å². The molecule has 7 heteroatoms. The van der Waals surface area contributed by atoms with E-state index in [4.69, 9.17) is 16.9 Å². The molecule has 0 atom stereocenters. The summed E-state index contributed by atoms with van der Waals surface area (Å²) < 4.78 is 1.77. The maximum absolute atomic E-state index is 12.2. The Bertz CT molecular complexity index is 833. The molecule has 1 fully saturated rings. The molecular formula is C19H22ClN5O. The van der Waals surface area contributed by atoms with Gasteiger partial charge in [-0.05, 0) is 43.9 Å². The zero-order valence-electron chi connectivity index (χ0n) is 14.9. The largest absolute Gasteiger partial charge is 0.372 e. The highest BCUT2D eigenvalue weighted by atomic mass is 35.5. The molecular weight excluding hydrogens is 350 g/mol. The molecule has 3 rings (SSSR count). The molecule has 1 heterocycles. The van der Waals surface area contributed by atoms with Crippen molar-refractivity contribution in [3.8, 4) is 6.07 Å². The third-order valence-corrected chi connectivity index (χ3v) is 5.31. The van der Waals surface area contributed by atoms with E-state index < -0.39 is 0 Å². The van der Waals surface area contributed by atoms with Gasteiger partial charge in [-0.1, -0.05) is 11.6 Å². The van der Waals surface area contributed by atoms with Gasteiger partial charge in [-0.3, -0.25) is 4.79 Å². The molecule has 6 nitrogen and oxygen atoms in total. The molecule has 1 N–H and O–H groups in total. The lowest BCUT2D eigenvalue weighted by Gasteiger charge is -2.36. The molecule has 136 valence electrons. The Labute approximate surface area is 158 Å². The SMILES string of the molecule is Cn1cnc(C(=O)N[C@H]2CC[C@H](N(C)c3ccc(C#N)c(Cl)c3)CC2)c1. The molecule has 0 saturated heterocycles. The molecule has 26 heavy (non-hydrogen) atoms. The van der Waals surface area contributed by atoms with Crippen LogP contribution >= 0.6 is 11.6 Å². The molecule has 1 aromatic carbocycles. The van der Waals surface area contributed by atoms with Crippen LogP contribution in [-0.4, -0.2) is 34.6 Å². The number of nitrogens with zero attached hydrogens (tertiary/aromatic N) is 4. The second kappa shape index (κ2) is 7.79. The Morgan fingerprint density at radius 1 is 1.38 bits per heavy atom. The number of halogens is 1. The second-order valence-corrected chi connectivity index (χ2v) is 7.20. The number of aromatic nitrogens is 2. The average molecular weight is 372 g/mol. The second-order valence-electron chi connectivity index (χ2n) is 6.79. The fourth-order valence-corrected chi connectivity index (χ4v) is 3.64. The molecule has 0 unspecified atom stereocenters. The van der Waals surface area contributed by atoms with E-state index in [9.17, 15) is 4.79 Å². The van der Waals surface area contributed by atoms with E-state index in [2.05, 4.69) is 28.3 Å². The number of nitriles is 1. The molecule has 2 aromatic rings. The molecule has 1 saturated carbocycles. The normalized spacial score (nSPS) is 19.6. The summed E-state index contributed by atoms with van der Waals surface area (Å²) in [5.41, 5.74) is 1.96. The number of anilines is 1. The van der Waals surface area contributed by atoms with Gasteiger partial charge >= 0.3 is 0 Å². The Morgan fingerprint density at radius 3 is 2.69 bits per heavy atom. The summed E-state index contributed by atoms with van der Waals surface area (Å²) in [7, 11) is 3.90. The Morgan fingerprint density at radius 2 is 2.12 bits per heavy atom. The molecule has 0 spiro atoms. The van der Waals surface area contributed by atoms with Gasteiger partial charge in [0.15, 0.2) is 0 Å². The van der Waals surface area contributed by atoms with Crippen LogP contribution in [0.4, 0.5) is 5.69 Å². The van der Waals surface area contributed by atoms with Gasteiger partial charge in [-0.15, -0.1) is 0 Å². The van der Waals surface area contributed by atoms with Gasteiger partial charge in [-0.25, -0.2) is 4.98 Å². The fraction of sp³-hybridized carbons (Fsp3) is 0.421. The van der Waals surface area contributed by atoms with E-state index in [1.165, 1.54) is 0 Å². The lowest BCUT2D eigenvalue weighted by atomic mass is 9.90. The number of aryl methyl sites for hydroxylation is 1. The number of hydrogen-bond donors (Lipinski definition) is 1. The van der Waals surface area contributed by atoms with Gasteiger partial charge < -0.3 is 14.8 Å². The zero-order valence-corrected chi connectivity index (χ0v) is 15.7. The number of benzene rings is 1. The van der Waals surface area contributed by atoms with E-state index >= 15 is 0 Å². The van der Waals surface area contributed by atoms with Gasteiger partial charge in [0.25, 0.3) is 5.91 Å². The fourth-order valence-electron chi connectivity index (χ4n) is 3.42. The Hall–Kier alpha value is -2.52. The average Bonchev–Trinajstić information content (AvgIpc) is 3.08. The highest BCUT2D eigenvalue weighted by molar-refractivity contribution is 6.32. The molecule has 1 amide bonds. The van der Waals surface area contributed by atoms with Crippen LogP contribution in [0.15, 0.2) is 30.7 Å². The predicted octanol–water partition coefficient (Wildman–Crippen LogP) is 3.12. The summed E-state index contributed by atoms with van der Waals surface area (Å²) in [5, 5.41) is 12.6. The summed E-state index contributed by atoms with van der Waals surface area (Å²) in [4.78, 5) is 18.5. The van der Waals surface area contributed by atoms with E-state index in [0.717, 1.165) is 31.4 Å². The van der Waals surface area contributed by atoms with Crippen LogP contribution in [0.5, 0.6) is 0 Å². The minimum absolute atomic E-state index is 0.110. The van der Waals surface area contributed by atoms with Crippen molar-refractivity contribution in [2.45, 2.75) is 37.8 Å². The lowest BCUT2D eigenvalue weighted by molar-refractivity contribution is 0.0921. The van der Waals surface area contributed by atoms with Gasteiger partial charge in [-0.2, -0.15) is 5.26 Å². The maximum atomic E-state index is 12.2. The van der Waals surface area contributed by atoms with E-state index in [0.29, 0.717) is 22.3 Å². The zero-order chi connectivity index (χ0) is 18.7. The maximum Gasteiger partial charge on any atom is 0.271 e. The first-order chi connectivity index (χ1) is 12.5. The van der Waals surface area contributed by atoms with Crippen LogP contribution in [0, 0.1) is 11.3 Å². The molecule has 1 aromatic heterocycles. The third-order valence-electron chi connectivity index (χ3n) is 5.00. The van der Waals surface area contributed by atoms with Gasteiger partial charge in [0.2, 0.25) is 0 Å². The number of imidazole rings is 1. The standard InChI is InChI=1S/C19H22ClN5O/c1-24-11-18(22-12-24)19(26)23-14-4-7-15(8-5-14)25(2)16-6-3-13(10-21)17(20)9-16/h3,6,9,11-12,14-15H,4-5,7-8H2,1-2H3,(H,23,26)/t14-,15-. The summed E-state index contributed by atoms with van der Waals surface area (Å²) in [6, 6.07) is 8.18. The number of rotatable bonds is 4. The number of amides is 1. The van der Waals surface area contributed by atoms with Crippen LogP contribution in [0.1, 0.15) is 41.7 Å². The van der Waals surface area contributed by atoms with E-state index in [1.54, 1.807) is 23.2 Å². The topological polar surface area (TPSA) is 74.0 Å². The predicted molar refractivity (Wildman–Crippen MR) is 101 cm³/mol. The first kappa shape index (κ1) is 18.3. The van der Waals surface area contributed by atoms with Crippen molar-refractivity contribution in [3.05, 3.63) is 47.0 Å². The smallest absolute Gasteiger partial charge is 0.271 e. The molecule has 1 aliphatic rings.